The van der Waals surface area contributed by atoms with E-state index in [0.29, 0.717) is 6.42 Å². The molecule has 1 aromatic carbocycles. The van der Waals surface area contributed by atoms with E-state index in [4.69, 9.17) is 11.1 Å². The SMILES string of the molecule is CC(CC(=N)N)N(C)Cc1ccccc1Br. The first kappa shape index (κ1) is 13.2. The topological polar surface area (TPSA) is 53.1 Å². The summed E-state index contributed by atoms with van der Waals surface area (Å²) in [7, 11) is 2.05. The van der Waals surface area contributed by atoms with E-state index in [0.717, 1.165) is 11.0 Å². The average molecular weight is 284 g/mol. The zero-order chi connectivity index (χ0) is 12.1. The normalized spacial score (nSPS) is 12.8. The Morgan fingerprint density at radius 2 is 2.12 bits per heavy atom. The molecule has 1 aromatic rings. The number of rotatable bonds is 5. The van der Waals surface area contributed by atoms with Crippen molar-refractivity contribution in [1.29, 1.82) is 5.41 Å². The molecule has 0 fully saturated rings. The number of nitrogens with two attached hydrogens (primary N) is 1. The third-order valence-electron chi connectivity index (χ3n) is 2.65. The number of nitrogens with one attached hydrogen (secondary N) is 1. The van der Waals surface area contributed by atoms with Crippen LogP contribution in [0.4, 0.5) is 0 Å². The quantitative estimate of drug-likeness (QED) is 0.645. The molecule has 0 bridgehead atoms. The number of halogens is 1. The summed E-state index contributed by atoms with van der Waals surface area (Å²) < 4.78 is 1.12. The third-order valence-corrected chi connectivity index (χ3v) is 3.42. The number of nitrogens with zero attached hydrogens (tertiary/aromatic N) is 1. The lowest BCUT2D eigenvalue weighted by Gasteiger charge is -2.24. The predicted octanol–water partition coefficient (Wildman–Crippen LogP) is 2.60. The summed E-state index contributed by atoms with van der Waals surface area (Å²) in [5.74, 6) is 0.242. The van der Waals surface area contributed by atoms with Crippen LogP contribution in [-0.2, 0) is 6.54 Å². The molecule has 0 aromatic heterocycles. The van der Waals surface area contributed by atoms with Crippen LogP contribution in [0.5, 0.6) is 0 Å². The maximum atomic E-state index is 7.28. The van der Waals surface area contributed by atoms with Crippen LogP contribution in [0.15, 0.2) is 28.7 Å². The summed E-state index contributed by atoms with van der Waals surface area (Å²) in [6.07, 6.45) is 0.612. The van der Waals surface area contributed by atoms with Crippen LogP contribution >= 0.6 is 15.9 Å². The van der Waals surface area contributed by atoms with Crippen molar-refractivity contribution in [3.05, 3.63) is 34.3 Å². The van der Waals surface area contributed by atoms with E-state index in [1.807, 2.05) is 25.2 Å². The van der Waals surface area contributed by atoms with Crippen molar-refractivity contribution in [2.45, 2.75) is 25.9 Å². The van der Waals surface area contributed by atoms with Crippen molar-refractivity contribution in [2.24, 2.45) is 5.73 Å². The van der Waals surface area contributed by atoms with Gasteiger partial charge in [0, 0.05) is 23.5 Å². The Labute approximate surface area is 105 Å². The highest BCUT2D eigenvalue weighted by Gasteiger charge is 2.11. The van der Waals surface area contributed by atoms with Gasteiger partial charge in [0.1, 0.15) is 0 Å². The van der Waals surface area contributed by atoms with E-state index < -0.39 is 0 Å². The first-order valence-corrected chi connectivity index (χ1v) is 6.06. The molecule has 0 aliphatic heterocycles. The fourth-order valence-electron chi connectivity index (χ4n) is 1.53. The van der Waals surface area contributed by atoms with E-state index >= 15 is 0 Å². The molecule has 4 heteroatoms. The summed E-state index contributed by atoms with van der Waals surface area (Å²) in [5.41, 5.74) is 6.65. The van der Waals surface area contributed by atoms with E-state index in [2.05, 4.69) is 33.8 Å². The summed E-state index contributed by atoms with van der Waals surface area (Å²) >= 11 is 3.53. The van der Waals surface area contributed by atoms with Crippen LogP contribution in [-0.4, -0.2) is 23.8 Å². The van der Waals surface area contributed by atoms with Crippen LogP contribution < -0.4 is 5.73 Å². The second-order valence-electron chi connectivity index (χ2n) is 4.08. The van der Waals surface area contributed by atoms with Crippen LogP contribution in [0.25, 0.3) is 0 Å². The van der Waals surface area contributed by atoms with Gasteiger partial charge in [-0.1, -0.05) is 34.1 Å². The van der Waals surface area contributed by atoms with Crippen molar-refractivity contribution in [3.8, 4) is 0 Å². The molecule has 0 saturated heterocycles. The third kappa shape index (κ3) is 3.94. The standard InChI is InChI=1S/C12H18BrN3/c1-9(7-12(14)15)16(2)8-10-5-3-4-6-11(10)13/h3-6,9H,7-8H2,1-2H3,(H3,14,15). The van der Waals surface area contributed by atoms with Crippen LogP contribution in [0, 0.1) is 5.41 Å². The molecule has 0 saturated carbocycles. The lowest BCUT2D eigenvalue weighted by molar-refractivity contribution is 0.254. The zero-order valence-electron chi connectivity index (χ0n) is 9.70. The van der Waals surface area contributed by atoms with Gasteiger partial charge >= 0.3 is 0 Å². The molecule has 88 valence electrons. The highest BCUT2D eigenvalue weighted by atomic mass is 79.9. The maximum absolute atomic E-state index is 7.28. The molecule has 1 unspecified atom stereocenters. The van der Waals surface area contributed by atoms with E-state index in [1.165, 1.54) is 5.56 Å². The number of amidine groups is 1. The van der Waals surface area contributed by atoms with Gasteiger partial charge in [-0.2, -0.15) is 0 Å². The maximum Gasteiger partial charge on any atom is 0.0920 e. The van der Waals surface area contributed by atoms with Crippen molar-refractivity contribution in [2.75, 3.05) is 7.05 Å². The van der Waals surface area contributed by atoms with Gasteiger partial charge in [0.2, 0.25) is 0 Å². The Balaban J connectivity index is 2.60. The van der Waals surface area contributed by atoms with Gasteiger partial charge in [-0.05, 0) is 25.6 Å². The largest absolute Gasteiger partial charge is 0.388 e. The molecule has 0 aliphatic carbocycles. The number of benzene rings is 1. The molecule has 3 nitrogen and oxygen atoms in total. The van der Waals surface area contributed by atoms with E-state index in [1.54, 1.807) is 0 Å². The molecule has 0 aliphatic rings. The molecule has 16 heavy (non-hydrogen) atoms. The van der Waals surface area contributed by atoms with E-state index in [-0.39, 0.29) is 11.9 Å². The van der Waals surface area contributed by atoms with Gasteiger partial charge in [-0.3, -0.25) is 10.3 Å². The fraction of sp³-hybridized carbons (Fsp3) is 0.417. The molecule has 0 amide bonds. The van der Waals surface area contributed by atoms with Gasteiger partial charge in [0.05, 0.1) is 5.84 Å². The molecule has 1 rings (SSSR count). The Bertz CT molecular complexity index is 365. The molecule has 0 radical (unpaired) electrons. The number of hydrogen-bond acceptors (Lipinski definition) is 2. The lowest BCUT2D eigenvalue weighted by atomic mass is 10.1. The Hall–Kier alpha value is -0.870. The summed E-state index contributed by atoms with van der Waals surface area (Å²) in [4.78, 5) is 2.20. The molecular formula is C12H18BrN3. The van der Waals surface area contributed by atoms with Crippen LogP contribution in [0.1, 0.15) is 18.9 Å². The van der Waals surface area contributed by atoms with Crippen LogP contribution in [0.3, 0.4) is 0 Å². The molecule has 1 atom stereocenters. The zero-order valence-corrected chi connectivity index (χ0v) is 11.3. The van der Waals surface area contributed by atoms with Gasteiger partial charge < -0.3 is 5.73 Å². The Kier molecular flexibility index (Phi) is 4.96. The molecule has 3 N–H and O–H groups in total. The highest BCUT2D eigenvalue weighted by Crippen LogP contribution is 2.18. The Morgan fingerprint density at radius 1 is 1.50 bits per heavy atom. The van der Waals surface area contributed by atoms with E-state index in [9.17, 15) is 0 Å². The summed E-state index contributed by atoms with van der Waals surface area (Å²) in [6, 6.07) is 8.46. The molecule has 0 spiro atoms. The smallest absolute Gasteiger partial charge is 0.0920 e. The van der Waals surface area contributed by atoms with Gasteiger partial charge in [-0.25, -0.2) is 0 Å². The fourth-order valence-corrected chi connectivity index (χ4v) is 1.94. The first-order chi connectivity index (χ1) is 7.50. The van der Waals surface area contributed by atoms with Crippen molar-refractivity contribution >= 4 is 21.8 Å². The van der Waals surface area contributed by atoms with Crippen molar-refractivity contribution < 1.29 is 0 Å². The summed E-state index contributed by atoms with van der Waals surface area (Å²) in [5, 5.41) is 7.28. The molecular weight excluding hydrogens is 266 g/mol. The molecule has 0 heterocycles. The number of hydrogen-bond donors (Lipinski definition) is 2. The van der Waals surface area contributed by atoms with Crippen molar-refractivity contribution in [3.63, 3.8) is 0 Å². The Morgan fingerprint density at radius 3 is 2.69 bits per heavy atom. The minimum absolute atomic E-state index is 0.242. The monoisotopic (exact) mass is 283 g/mol. The highest BCUT2D eigenvalue weighted by molar-refractivity contribution is 9.10. The van der Waals surface area contributed by atoms with Gasteiger partial charge in [0.15, 0.2) is 0 Å². The van der Waals surface area contributed by atoms with Crippen molar-refractivity contribution in [1.82, 2.24) is 4.90 Å². The lowest BCUT2D eigenvalue weighted by Crippen LogP contribution is -2.32. The van der Waals surface area contributed by atoms with Gasteiger partial charge in [-0.15, -0.1) is 0 Å². The minimum atomic E-state index is 0.242. The van der Waals surface area contributed by atoms with Gasteiger partial charge in [0.25, 0.3) is 0 Å². The average Bonchev–Trinajstić information content (AvgIpc) is 2.20. The first-order valence-electron chi connectivity index (χ1n) is 5.27. The second kappa shape index (κ2) is 6.01. The van der Waals surface area contributed by atoms with Crippen LogP contribution in [0.2, 0.25) is 0 Å². The summed E-state index contributed by atoms with van der Waals surface area (Å²) in [6.45, 7) is 2.94. The predicted molar refractivity (Wildman–Crippen MR) is 71.6 cm³/mol. The second-order valence-corrected chi connectivity index (χ2v) is 4.94. The minimum Gasteiger partial charge on any atom is -0.388 e.